The molecule has 4 heteroatoms. The first-order valence-electron chi connectivity index (χ1n) is 42.2. The third-order valence-corrected chi connectivity index (χ3v) is 25.2. The molecular formula is C118H80N4. The molecule has 4 nitrogen and oxygen atoms in total. The largest absolute Gasteiger partial charge is 0.310 e. The van der Waals surface area contributed by atoms with Crippen LogP contribution in [0.2, 0.25) is 0 Å². The standard InChI is InChI=1S/2C59H40N2/c1-39-30-35-53-54(38-39)59(49-27-15-17-40-16-5-6-20-44(40)49)51-26-10-9-25-50(51)58(53)52-36-37-57(46-22-8-7-21-45(46)52)60(41-18-3-2-4-19-41)42-31-33-43(34-32-42)61-55-28-13-11-23-47(55)48-24-12-14-29-56(48)61;1-39-30-35-53-54(38-39)59(51-26-10-9-25-50(51)58(53)49-27-15-17-40-16-5-6-20-44(40)49)52-36-37-57(46-22-8-7-21-45(46)52)60(41-18-3-2-4-19-41)42-31-33-43(34-32-42)61-55-28-13-11-23-47(55)48-24-12-14-29-56(48)61/h2*2-38H,1H3. The molecule has 24 aromatic rings. The molecule has 0 aliphatic heterocycles. The van der Waals surface area contributed by atoms with E-state index in [9.17, 15) is 0 Å². The second-order valence-electron chi connectivity index (χ2n) is 32.2. The fourth-order valence-corrected chi connectivity index (χ4v) is 19.9. The number of para-hydroxylation sites is 6. The number of benzene rings is 22. The van der Waals surface area contributed by atoms with Gasteiger partial charge in [0.05, 0.1) is 33.4 Å². The average molecular weight is 1550 g/mol. The monoisotopic (exact) mass is 1550 g/mol. The molecular weight excluding hydrogens is 1470 g/mol. The normalized spacial score (nSPS) is 11.7. The molecule has 122 heavy (non-hydrogen) atoms. The molecule has 0 spiro atoms. The number of anilines is 6. The van der Waals surface area contributed by atoms with Crippen LogP contribution in [0.25, 0.3) is 186 Å². The van der Waals surface area contributed by atoms with Gasteiger partial charge in [-0.3, -0.25) is 0 Å². The third kappa shape index (κ3) is 11.8. The van der Waals surface area contributed by atoms with Gasteiger partial charge in [0.1, 0.15) is 0 Å². The number of rotatable bonds is 12. The van der Waals surface area contributed by atoms with E-state index in [-0.39, 0.29) is 0 Å². The highest BCUT2D eigenvalue weighted by Crippen LogP contribution is 2.53. The lowest BCUT2D eigenvalue weighted by Crippen LogP contribution is -2.10. The average Bonchev–Trinajstić information content (AvgIpc) is 0.882. The summed E-state index contributed by atoms with van der Waals surface area (Å²) in [4.78, 5) is 4.82. The smallest absolute Gasteiger partial charge is 0.0541 e. The van der Waals surface area contributed by atoms with Gasteiger partial charge in [-0.15, -0.1) is 0 Å². The maximum Gasteiger partial charge on any atom is 0.0541 e. The Morgan fingerprint density at radius 2 is 0.418 bits per heavy atom. The summed E-state index contributed by atoms with van der Waals surface area (Å²) in [6.07, 6.45) is 0. The first-order chi connectivity index (χ1) is 60.4. The van der Waals surface area contributed by atoms with Gasteiger partial charge < -0.3 is 18.9 Å². The lowest BCUT2D eigenvalue weighted by molar-refractivity contribution is 1.17. The first kappa shape index (κ1) is 71.4. The Morgan fingerprint density at radius 1 is 0.164 bits per heavy atom. The Bertz CT molecular complexity index is 8160. The summed E-state index contributed by atoms with van der Waals surface area (Å²) in [6.45, 7) is 4.42. The molecule has 0 bridgehead atoms. The van der Waals surface area contributed by atoms with Crippen molar-refractivity contribution in [3.8, 4) is 55.9 Å². The van der Waals surface area contributed by atoms with Crippen LogP contribution in [0.3, 0.4) is 0 Å². The molecule has 0 saturated heterocycles. The van der Waals surface area contributed by atoms with Crippen molar-refractivity contribution in [1.82, 2.24) is 9.13 Å². The molecule has 0 aliphatic rings. The van der Waals surface area contributed by atoms with Gasteiger partial charge in [0.15, 0.2) is 0 Å². The van der Waals surface area contributed by atoms with Crippen LogP contribution >= 0.6 is 0 Å². The molecule has 2 aromatic heterocycles. The van der Waals surface area contributed by atoms with Gasteiger partial charge in [-0.1, -0.05) is 351 Å². The van der Waals surface area contributed by atoms with Crippen molar-refractivity contribution >= 4 is 164 Å². The highest BCUT2D eigenvalue weighted by atomic mass is 15.2. The molecule has 0 N–H and O–H groups in total. The van der Waals surface area contributed by atoms with Crippen molar-refractivity contribution in [3.63, 3.8) is 0 Å². The molecule has 0 atom stereocenters. The number of fused-ring (bicyclic) bond motifs is 14. The Hall–Kier alpha value is -15.9. The van der Waals surface area contributed by atoms with Crippen LogP contribution in [0.1, 0.15) is 11.1 Å². The summed E-state index contributed by atoms with van der Waals surface area (Å²) in [5.74, 6) is 0. The van der Waals surface area contributed by atoms with E-state index in [2.05, 4.69) is 482 Å². The van der Waals surface area contributed by atoms with Crippen LogP contribution in [0.5, 0.6) is 0 Å². The summed E-state index contributed by atoms with van der Waals surface area (Å²) in [6, 6.07) is 165. The van der Waals surface area contributed by atoms with E-state index in [1.807, 2.05) is 0 Å². The highest BCUT2D eigenvalue weighted by Gasteiger charge is 2.27. The van der Waals surface area contributed by atoms with Gasteiger partial charge in [-0.25, -0.2) is 0 Å². The number of hydrogen-bond acceptors (Lipinski definition) is 2. The van der Waals surface area contributed by atoms with Crippen LogP contribution in [0, 0.1) is 13.8 Å². The maximum absolute atomic E-state index is 2.41. The van der Waals surface area contributed by atoms with Crippen LogP contribution in [-0.2, 0) is 0 Å². The summed E-state index contributed by atoms with van der Waals surface area (Å²) in [5.41, 5.74) is 26.3. The van der Waals surface area contributed by atoms with E-state index >= 15 is 0 Å². The Kier molecular flexibility index (Phi) is 17.3. The molecule has 0 amide bonds. The topological polar surface area (TPSA) is 16.3 Å². The molecule has 24 rings (SSSR count). The summed E-state index contributed by atoms with van der Waals surface area (Å²) >= 11 is 0. The summed E-state index contributed by atoms with van der Waals surface area (Å²) in [7, 11) is 0. The second kappa shape index (κ2) is 29.6. The molecule has 0 unspecified atom stereocenters. The molecule has 22 aromatic carbocycles. The van der Waals surface area contributed by atoms with Gasteiger partial charge in [-0.2, -0.15) is 0 Å². The molecule has 0 radical (unpaired) electrons. The zero-order valence-corrected chi connectivity index (χ0v) is 67.5. The molecule has 0 fully saturated rings. The first-order valence-corrected chi connectivity index (χ1v) is 42.2. The minimum absolute atomic E-state index is 1.10. The van der Waals surface area contributed by atoms with Crippen molar-refractivity contribution < 1.29 is 0 Å². The minimum atomic E-state index is 1.10. The quantitative estimate of drug-likeness (QED) is 0.113. The van der Waals surface area contributed by atoms with E-state index in [1.54, 1.807) is 0 Å². The highest BCUT2D eigenvalue weighted by molar-refractivity contribution is 6.28. The Labute approximate surface area is 707 Å². The fraction of sp³-hybridized carbons (Fsp3) is 0.0169. The Morgan fingerprint density at radius 3 is 0.770 bits per heavy atom. The SMILES string of the molecule is Cc1ccc2c(-c3ccc(N(c4ccccc4)c4ccc(-n5c6ccccc6c6ccccc65)cc4)c4ccccc34)c3ccccc3c(-c3cccc4ccccc34)c2c1.Cc1ccc2c(-c3cccc4ccccc34)c3ccccc3c(-c3ccc(N(c4ccccc4)c4ccc(-n5c6ccccc6c6ccccc65)cc4)c4ccccc34)c2c1. The fourth-order valence-electron chi connectivity index (χ4n) is 19.9. The van der Waals surface area contributed by atoms with Crippen molar-refractivity contribution in [2.75, 3.05) is 9.80 Å². The number of aromatic nitrogens is 2. The van der Waals surface area contributed by atoms with Crippen molar-refractivity contribution in [2.45, 2.75) is 13.8 Å². The predicted molar refractivity (Wildman–Crippen MR) is 522 cm³/mol. The van der Waals surface area contributed by atoms with E-state index in [1.165, 1.54) is 185 Å². The van der Waals surface area contributed by atoms with Gasteiger partial charge in [0.25, 0.3) is 0 Å². The van der Waals surface area contributed by atoms with E-state index in [4.69, 9.17) is 0 Å². The molecule has 2 heterocycles. The van der Waals surface area contributed by atoms with Crippen LogP contribution < -0.4 is 9.80 Å². The van der Waals surface area contributed by atoms with E-state index in [0.717, 1.165) is 45.5 Å². The number of nitrogens with zero attached hydrogens (tertiary/aromatic N) is 4. The molecule has 572 valence electrons. The molecule has 0 aliphatic carbocycles. The van der Waals surface area contributed by atoms with Crippen LogP contribution in [0.4, 0.5) is 34.1 Å². The van der Waals surface area contributed by atoms with Crippen molar-refractivity contribution in [3.05, 3.63) is 460 Å². The zero-order chi connectivity index (χ0) is 80.9. The summed E-state index contributed by atoms with van der Waals surface area (Å²) < 4.78 is 4.76. The van der Waals surface area contributed by atoms with Gasteiger partial charge in [0.2, 0.25) is 0 Å². The lowest BCUT2D eigenvalue weighted by Gasteiger charge is -2.28. The molecule has 0 saturated carbocycles. The minimum Gasteiger partial charge on any atom is -0.310 e. The zero-order valence-electron chi connectivity index (χ0n) is 67.5. The van der Waals surface area contributed by atoms with Gasteiger partial charge >= 0.3 is 0 Å². The Balaban J connectivity index is 0.000000142. The van der Waals surface area contributed by atoms with E-state index in [0.29, 0.717) is 0 Å². The van der Waals surface area contributed by atoms with Crippen molar-refractivity contribution in [2.24, 2.45) is 0 Å². The predicted octanol–water partition coefficient (Wildman–Crippen LogP) is 33.0. The van der Waals surface area contributed by atoms with Crippen LogP contribution in [0.15, 0.2) is 449 Å². The van der Waals surface area contributed by atoms with Gasteiger partial charge in [0, 0.05) is 66.4 Å². The van der Waals surface area contributed by atoms with Crippen molar-refractivity contribution in [1.29, 1.82) is 0 Å². The second-order valence-corrected chi connectivity index (χ2v) is 32.2. The van der Waals surface area contributed by atoms with E-state index < -0.39 is 0 Å². The van der Waals surface area contributed by atoms with Gasteiger partial charge in [-0.05, 0) is 243 Å². The van der Waals surface area contributed by atoms with Crippen LogP contribution in [-0.4, -0.2) is 9.13 Å². The lowest BCUT2D eigenvalue weighted by atomic mass is 9.83. The number of hydrogen-bond donors (Lipinski definition) is 0. The number of aryl methyl sites for hydroxylation is 2. The summed E-state index contributed by atoms with van der Waals surface area (Å²) in [5, 5.41) is 25.0. The maximum atomic E-state index is 2.41. The third-order valence-electron chi connectivity index (χ3n) is 25.2.